The predicted molar refractivity (Wildman–Crippen MR) is 234 cm³/mol. The summed E-state index contributed by atoms with van der Waals surface area (Å²) in [6.07, 6.45) is -0.670. The zero-order chi connectivity index (χ0) is 42.2. The van der Waals surface area contributed by atoms with E-state index >= 15 is 0 Å². The van der Waals surface area contributed by atoms with Crippen LogP contribution in [0.25, 0.3) is 0 Å². The molecule has 1 fully saturated rings. The summed E-state index contributed by atoms with van der Waals surface area (Å²) in [5, 5.41) is 29.9. The summed E-state index contributed by atoms with van der Waals surface area (Å²) < 4.78 is 32.2. The molecular formula is C47H53N5O7Si. The summed E-state index contributed by atoms with van der Waals surface area (Å²) in [5.74, 6) is 1.24. The summed E-state index contributed by atoms with van der Waals surface area (Å²) in [6.45, 7) is 11.1. The topological polar surface area (TPSA) is 127 Å². The first-order valence-electron chi connectivity index (χ1n) is 20.4. The van der Waals surface area contributed by atoms with Crippen molar-refractivity contribution in [3.8, 4) is 11.5 Å². The number of aliphatic hydroxyl groups excluding tert-OH is 1. The van der Waals surface area contributed by atoms with Crippen LogP contribution in [0.5, 0.6) is 11.5 Å². The van der Waals surface area contributed by atoms with Crippen LogP contribution in [0.2, 0.25) is 18.1 Å². The molecule has 4 aliphatic rings. The number of carbonyl (C=O) groups excluding carboxylic acids is 1. The summed E-state index contributed by atoms with van der Waals surface area (Å²) in [6, 6.07) is 34.8. The van der Waals surface area contributed by atoms with Gasteiger partial charge in [0.1, 0.15) is 41.1 Å². The Hall–Kier alpha value is -5.44. The predicted octanol–water partition coefficient (Wildman–Crippen LogP) is 7.75. The minimum Gasteiger partial charge on any atom is -0.497 e. The maximum atomic E-state index is 13.5. The number of hydrogen-bond donors (Lipinski definition) is 1. The van der Waals surface area contributed by atoms with Gasteiger partial charge in [-0.3, -0.25) is 4.79 Å². The fourth-order valence-corrected chi connectivity index (χ4v) is 9.28. The first kappa shape index (κ1) is 41.3. The van der Waals surface area contributed by atoms with Crippen LogP contribution in [0, 0.1) is 0 Å². The number of rotatable bonds is 12. The van der Waals surface area contributed by atoms with Crippen LogP contribution in [0.3, 0.4) is 0 Å². The number of amides is 1. The second-order valence-electron chi connectivity index (χ2n) is 17.0. The van der Waals surface area contributed by atoms with Crippen LogP contribution in [0.1, 0.15) is 60.7 Å². The third kappa shape index (κ3) is 7.72. The molecule has 0 saturated carbocycles. The number of aliphatic hydroxyl groups is 1. The maximum Gasteiger partial charge on any atom is 0.274 e. The number of hydrazone groups is 3. The Kier molecular flexibility index (Phi) is 11.4. The van der Waals surface area contributed by atoms with Gasteiger partial charge in [-0.25, -0.2) is 5.01 Å². The number of benzene rings is 4. The Morgan fingerprint density at radius 1 is 0.817 bits per heavy atom. The van der Waals surface area contributed by atoms with Gasteiger partial charge >= 0.3 is 0 Å². The molecule has 1 saturated heterocycles. The van der Waals surface area contributed by atoms with Gasteiger partial charge in [-0.2, -0.15) is 20.4 Å². The second-order valence-corrected chi connectivity index (χ2v) is 21.8. The lowest BCUT2D eigenvalue weighted by Crippen LogP contribution is -2.52. The third-order valence-corrected chi connectivity index (χ3v) is 16.8. The van der Waals surface area contributed by atoms with Crippen LogP contribution < -0.4 is 9.47 Å². The van der Waals surface area contributed by atoms with Crippen molar-refractivity contribution in [1.82, 2.24) is 10.1 Å². The monoisotopic (exact) mass is 827 g/mol. The lowest BCUT2D eigenvalue weighted by atomic mass is 9.80. The molecule has 4 aromatic rings. The minimum atomic E-state index is -2.50. The van der Waals surface area contributed by atoms with Crippen molar-refractivity contribution in [1.29, 1.82) is 0 Å². The molecule has 60 heavy (non-hydrogen) atoms. The van der Waals surface area contributed by atoms with E-state index in [2.05, 4.69) is 39.0 Å². The zero-order valence-corrected chi connectivity index (χ0v) is 36.2. The molecule has 13 heteroatoms. The number of methoxy groups -OCH3 is 2. The van der Waals surface area contributed by atoms with Gasteiger partial charge in [-0.1, -0.05) is 93.6 Å². The molecular weight excluding hydrogens is 775 g/mol. The number of carbonyl (C=O) groups is 1. The van der Waals surface area contributed by atoms with Crippen LogP contribution in [-0.2, 0) is 19.5 Å². The first-order chi connectivity index (χ1) is 28.8. The third-order valence-electron chi connectivity index (χ3n) is 12.3. The summed E-state index contributed by atoms with van der Waals surface area (Å²) in [4.78, 5) is 13.5. The van der Waals surface area contributed by atoms with Crippen LogP contribution in [0.15, 0.2) is 136 Å². The molecule has 1 amide bonds. The van der Waals surface area contributed by atoms with Crippen molar-refractivity contribution >= 4 is 31.9 Å². The van der Waals surface area contributed by atoms with E-state index < -0.39 is 38.5 Å². The number of nitrogens with zero attached hydrogens (tertiary/aromatic N) is 5. The Balaban J connectivity index is 1.16. The molecule has 1 N–H and O–H groups in total. The Morgan fingerprint density at radius 2 is 1.40 bits per heavy atom. The molecule has 3 aliphatic heterocycles. The highest BCUT2D eigenvalue weighted by molar-refractivity contribution is 6.74. The fourth-order valence-electron chi connectivity index (χ4n) is 7.99. The molecule has 12 nitrogen and oxygen atoms in total. The summed E-state index contributed by atoms with van der Waals surface area (Å²) in [7, 11) is 0.777. The van der Waals surface area contributed by atoms with Gasteiger partial charge in [0.15, 0.2) is 14.5 Å². The quantitative estimate of drug-likeness (QED) is 0.114. The molecule has 4 atom stereocenters. The largest absolute Gasteiger partial charge is 0.497 e. The number of allylic oxidation sites excluding steroid dienone is 1. The van der Waals surface area contributed by atoms with E-state index in [4.69, 9.17) is 33.6 Å². The Labute approximate surface area is 352 Å². The zero-order valence-electron chi connectivity index (χ0n) is 35.2. The van der Waals surface area contributed by atoms with Gasteiger partial charge in [0.2, 0.25) is 0 Å². The Morgan fingerprint density at radius 3 is 1.98 bits per heavy atom. The average Bonchev–Trinajstić information content (AvgIpc) is 3.74. The fraction of sp³-hybridized carbons (Fsp3) is 0.362. The average molecular weight is 828 g/mol. The number of ether oxygens (including phenoxy) is 4. The molecule has 0 aromatic heterocycles. The molecule has 0 radical (unpaired) electrons. The van der Waals surface area contributed by atoms with Crippen molar-refractivity contribution in [3.63, 3.8) is 0 Å². The second kappa shape index (κ2) is 16.5. The minimum absolute atomic E-state index is 0.0176. The SMILES string of the molecule is COc1ccc(C(OC[C@H]2O[C@@H](N3N=C4C=NN(C(=O)c5ccccc5)CC5=C4C(=N3)CC5)[C@H](O[Si](C)(C)C(C)(C)C)[C@@H]2O)(c2ccccc2)c2ccc(OC)cc2)cc1. The van der Waals surface area contributed by atoms with E-state index in [-0.39, 0.29) is 17.6 Å². The van der Waals surface area contributed by atoms with Crippen molar-refractivity contribution in [3.05, 3.63) is 143 Å². The standard InChI is InChI=1S/C47H53N5O7Si/c1-46(2,3)60(6,7)59-43-42(53)40(30-57-47(33-16-12-9-13-17-33,34-19-23-36(55-4)24-20-34)35-21-25-37(56-5)26-22-35)58-45(43)52-49-38-27-18-32-29-51(48-28-39(50-52)41(32)38)44(54)31-14-10-8-11-15-31/h8-17,19-26,28,40,42-43,45,53H,18,27,29-30H2,1-7H3/t40-,42-,43-,45-/m1/s1. The maximum absolute atomic E-state index is 13.5. The highest BCUT2D eigenvalue weighted by atomic mass is 28.4. The molecule has 4 aromatic carbocycles. The van der Waals surface area contributed by atoms with E-state index in [9.17, 15) is 9.90 Å². The molecule has 0 spiro atoms. The van der Waals surface area contributed by atoms with Crippen molar-refractivity contribution in [2.45, 2.75) is 81.9 Å². The number of hydrogen-bond acceptors (Lipinski definition) is 11. The van der Waals surface area contributed by atoms with Gasteiger partial charge in [-0.05, 0) is 89.6 Å². The lowest BCUT2D eigenvalue weighted by molar-refractivity contribution is -0.117. The highest BCUT2D eigenvalue weighted by Gasteiger charge is 2.54. The van der Waals surface area contributed by atoms with Crippen LogP contribution in [-0.4, -0.2) is 99.0 Å². The molecule has 0 unspecified atom stereocenters. The molecule has 0 bridgehead atoms. The molecule has 3 heterocycles. The lowest BCUT2D eigenvalue weighted by Gasteiger charge is -2.41. The van der Waals surface area contributed by atoms with Crippen molar-refractivity contribution < 1.29 is 33.3 Å². The summed E-state index contributed by atoms with van der Waals surface area (Å²) in [5.41, 5.74) is 5.40. The summed E-state index contributed by atoms with van der Waals surface area (Å²) >= 11 is 0. The van der Waals surface area contributed by atoms with Gasteiger partial charge in [0.05, 0.1) is 39.3 Å². The molecule has 8 rings (SSSR count). The van der Waals surface area contributed by atoms with Gasteiger partial charge in [0.25, 0.3) is 5.91 Å². The Bertz CT molecular complexity index is 2260. The van der Waals surface area contributed by atoms with Crippen molar-refractivity contribution in [2.75, 3.05) is 27.4 Å². The first-order valence-corrected chi connectivity index (χ1v) is 23.3. The van der Waals surface area contributed by atoms with Gasteiger partial charge in [0, 0.05) is 11.1 Å². The van der Waals surface area contributed by atoms with E-state index in [1.807, 2.05) is 97.1 Å². The van der Waals surface area contributed by atoms with Crippen LogP contribution in [0.4, 0.5) is 0 Å². The van der Waals surface area contributed by atoms with Gasteiger partial charge in [-0.15, -0.1) is 0 Å². The van der Waals surface area contributed by atoms with Gasteiger partial charge < -0.3 is 28.5 Å². The molecule has 1 aliphatic carbocycles. The van der Waals surface area contributed by atoms with Crippen molar-refractivity contribution in [2.24, 2.45) is 15.3 Å². The normalized spacial score (nSPS) is 21.7. The smallest absolute Gasteiger partial charge is 0.274 e. The highest BCUT2D eigenvalue weighted by Crippen LogP contribution is 2.45. The van der Waals surface area contributed by atoms with E-state index in [1.165, 1.54) is 10.1 Å². The van der Waals surface area contributed by atoms with Crippen LogP contribution >= 0.6 is 0 Å². The van der Waals surface area contributed by atoms with E-state index in [0.717, 1.165) is 40.0 Å². The van der Waals surface area contributed by atoms with E-state index in [0.29, 0.717) is 35.7 Å². The van der Waals surface area contributed by atoms with E-state index in [1.54, 1.807) is 32.6 Å². The molecule has 312 valence electrons.